The molecule has 0 N–H and O–H groups in total. The van der Waals surface area contributed by atoms with Gasteiger partial charge in [0.1, 0.15) is 6.61 Å². The molecule has 0 saturated carbocycles. The molecule has 0 saturated heterocycles. The molecule has 2 heterocycles. The Bertz CT molecular complexity index is 774. The van der Waals surface area contributed by atoms with Gasteiger partial charge in [0, 0.05) is 13.1 Å². The molecule has 26 heavy (non-hydrogen) atoms. The quantitative estimate of drug-likeness (QED) is 0.671. The van der Waals surface area contributed by atoms with Crippen LogP contribution in [-0.2, 0) is 6.67 Å². The van der Waals surface area contributed by atoms with E-state index in [9.17, 15) is 0 Å². The lowest BCUT2D eigenvalue weighted by molar-refractivity contribution is 0.0706. The number of ether oxygens (including phenoxy) is 2. The zero-order chi connectivity index (χ0) is 18.7. The molecule has 142 valence electrons. The Kier molecular flexibility index (Phi) is 5.98. The molecule has 0 radical (unpaired) electrons. The van der Waals surface area contributed by atoms with Crippen LogP contribution in [0.3, 0.4) is 0 Å². The van der Waals surface area contributed by atoms with Crippen molar-refractivity contribution < 1.29 is 13.9 Å². The molecular formula is C19H27N3O3S. The van der Waals surface area contributed by atoms with E-state index in [2.05, 4.69) is 37.7 Å². The van der Waals surface area contributed by atoms with Gasteiger partial charge in [-0.2, -0.15) is 0 Å². The van der Waals surface area contributed by atoms with Crippen LogP contribution in [-0.4, -0.2) is 34.4 Å². The smallest absolute Gasteiger partial charge is 0.288 e. The summed E-state index contributed by atoms with van der Waals surface area (Å²) >= 11 is 5.38. The number of hydrogen-bond acceptors (Lipinski definition) is 6. The first-order chi connectivity index (χ1) is 12.4. The second-order valence-corrected chi connectivity index (χ2v) is 7.88. The number of rotatable bonds is 7. The Morgan fingerprint density at radius 1 is 1.15 bits per heavy atom. The van der Waals surface area contributed by atoms with Crippen LogP contribution >= 0.6 is 12.2 Å². The number of hydrogen-bond donors (Lipinski definition) is 0. The van der Waals surface area contributed by atoms with Crippen LogP contribution in [0.1, 0.15) is 39.7 Å². The normalized spacial score (nSPS) is 16.7. The van der Waals surface area contributed by atoms with E-state index in [1.807, 2.05) is 24.3 Å². The molecule has 0 fully saturated rings. The summed E-state index contributed by atoms with van der Waals surface area (Å²) < 4.78 is 19.2. The Hall–Kier alpha value is -1.86. The molecule has 2 aromatic rings. The molecule has 3 rings (SSSR count). The predicted molar refractivity (Wildman–Crippen MR) is 102 cm³/mol. The lowest BCUT2D eigenvalue weighted by atomic mass is 10.1. The molecule has 1 aliphatic heterocycles. The van der Waals surface area contributed by atoms with Gasteiger partial charge >= 0.3 is 0 Å². The van der Waals surface area contributed by atoms with Crippen molar-refractivity contribution in [3.05, 3.63) is 35.0 Å². The van der Waals surface area contributed by atoms with E-state index in [1.165, 1.54) is 0 Å². The fourth-order valence-corrected chi connectivity index (χ4v) is 3.28. The third-order valence-electron chi connectivity index (χ3n) is 3.99. The van der Waals surface area contributed by atoms with E-state index in [0.29, 0.717) is 41.6 Å². The van der Waals surface area contributed by atoms with E-state index in [1.54, 1.807) is 4.68 Å². The highest BCUT2D eigenvalue weighted by atomic mass is 32.1. The van der Waals surface area contributed by atoms with Crippen molar-refractivity contribution in [3.8, 4) is 11.5 Å². The lowest BCUT2D eigenvalue weighted by Gasteiger charge is -2.25. The van der Waals surface area contributed by atoms with E-state index in [4.69, 9.17) is 26.1 Å². The van der Waals surface area contributed by atoms with Crippen LogP contribution in [0.25, 0.3) is 0 Å². The summed E-state index contributed by atoms with van der Waals surface area (Å²) in [5, 5.41) is 4.56. The van der Waals surface area contributed by atoms with Gasteiger partial charge in [-0.15, -0.1) is 5.10 Å². The maximum atomic E-state index is 5.97. The summed E-state index contributed by atoms with van der Waals surface area (Å²) in [7, 11) is 0. The summed E-state index contributed by atoms with van der Waals surface area (Å²) in [4.78, 5) is 2.71. The van der Waals surface area contributed by atoms with Gasteiger partial charge in [0.25, 0.3) is 10.7 Å². The molecule has 6 nitrogen and oxygen atoms in total. The third-order valence-corrected chi connectivity index (χ3v) is 4.28. The highest BCUT2D eigenvalue weighted by Gasteiger charge is 2.27. The molecule has 7 heteroatoms. The van der Waals surface area contributed by atoms with Gasteiger partial charge in [-0.1, -0.05) is 39.8 Å². The lowest BCUT2D eigenvalue weighted by Crippen LogP contribution is -2.33. The number of nitrogens with zero attached hydrogens (tertiary/aromatic N) is 3. The van der Waals surface area contributed by atoms with E-state index >= 15 is 0 Å². The van der Waals surface area contributed by atoms with E-state index in [0.717, 1.165) is 18.8 Å². The van der Waals surface area contributed by atoms with Gasteiger partial charge in [0.2, 0.25) is 6.10 Å². The maximum Gasteiger partial charge on any atom is 0.288 e. The summed E-state index contributed by atoms with van der Waals surface area (Å²) in [6.07, 6.45) is -0.392. The zero-order valence-electron chi connectivity index (χ0n) is 15.8. The van der Waals surface area contributed by atoms with E-state index in [-0.39, 0.29) is 0 Å². The molecule has 1 aliphatic rings. The average Bonchev–Trinajstić information content (AvgIpc) is 2.94. The Morgan fingerprint density at radius 3 is 2.46 bits per heavy atom. The fourth-order valence-electron chi connectivity index (χ4n) is 3.10. The molecule has 1 aromatic heterocycles. The Labute approximate surface area is 159 Å². The summed E-state index contributed by atoms with van der Waals surface area (Å²) in [5.74, 6) is 3.03. The molecular weight excluding hydrogens is 350 g/mol. The molecule has 0 bridgehead atoms. The highest BCUT2D eigenvalue weighted by Crippen LogP contribution is 2.35. The molecule has 0 spiro atoms. The standard InChI is InChI=1S/C19H27N3O3S/c1-13(2)9-21(10-14(3)4)12-22-19(26)25-18(20-22)17-11-23-15-7-5-6-8-16(15)24-17/h5-8,13-14,17H,9-12H2,1-4H3. The Morgan fingerprint density at radius 2 is 1.81 bits per heavy atom. The van der Waals surface area contributed by atoms with Gasteiger partial charge in [-0.25, -0.2) is 4.68 Å². The fraction of sp³-hybridized carbons (Fsp3) is 0.579. The first kappa shape index (κ1) is 18.9. The Balaban J connectivity index is 1.73. The van der Waals surface area contributed by atoms with Crippen molar-refractivity contribution in [2.75, 3.05) is 19.7 Å². The second kappa shape index (κ2) is 8.22. The maximum absolute atomic E-state index is 5.97. The van der Waals surface area contributed by atoms with Crippen molar-refractivity contribution in [2.45, 2.75) is 40.5 Å². The first-order valence-corrected chi connectivity index (χ1v) is 9.52. The SMILES string of the molecule is CC(C)CN(CC(C)C)Cn1nc(C2COc3ccccc3O2)oc1=S. The molecule has 0 aliphatic carbocycles. The van der Waals surface area contributed by atoms with Crippen LogP contribution in [0.5, 0.6) is 11.5 Å². The summed E-state index contributed by atoms with van der Waals surface area (Å²) in [5.41, 5.74) is 0. The van der Waals surface area contributed by atoms with Gasteiger partial charge in [0.15, 0.2) is 11.5 Å². The van der Waals surface area contributed by atoms with Crippen molar-refractivity contribution in [1.29, 1.82) is 0 Å². The van der Waals surface area contributed by atoms with Gasteiger partial charge < -0.3 is 13.9 Å². The topological polar surface area (TPSA) is 52.7 Å². The minimum atomic E-state index is -0.392. The van der Waals surface area contributed by atoms with Crippen molar-refractivity contribution >= 4 is 12.2 Å². The van der Waals surface area contributed by atoms with Crippen LogP contribution in [0.2, 0.25) is 0 Å². The third kappa shape index (κ3) is 4.65. The first-order valence-electron chi connectivity index (χ1n) is 9.11. The second-order valence-electron chi connectivity index (χ2n) is 7.54. The minimum Gasteiger partial charge on any atom is -0.485 e. The van der Waals surface area contributed by atoms with Crippen molar-refractivity contribution in [1.82, 2.24) is 14.7 Å². The van der Waals surface area contributed by atoms with Crippen molar-refractivity contribution in [3.63, 3.8) is 0 Å². The van der Waals surface area contributed by atoms with Crippen molar-refractivity contribution in [2.24, 2.45) is 11.8 Å². The summed E-state index contributed by atoms with van der Waals surface area (Å²) in [6, 6.07) is 7.59. The van der Waals surface area contributed by atoms with E-state index < -0.39 is 6.10 Å². The van der Waals surface area contributed by atoms with Crippen LogP contribution in [0.4, 0.5) is 0 Å². The van der Waals surface area contributed by atoms with Gasteiger partial charge in [0.05, 0.1) is 6.67 Å². The minimum absolute atomic E-state index is 0.355. The number of fused-ring (bicyclic) bond motifs is 1. The highest BCUT2D eigenvalue weighted by molar-refractivity contribution is 7.71. The van der Waals surface area contributed by atoms with Gasteiger partial charge in [-0.3, -0.25) is 4.90 Å². The molecule has 1 atom stereocenters. The predicted octanol–water partition coefficient (Wildman–Crippen LogP) is 4.29. The number of aromatic nitrogens is 2. The van der Waals surface area contributed by atoms with Crippen LogP contribution < -0.4 is 9.47 Å². The molecule has 1 aromatic carbocycles. The molecule has 0 amide bonds. The number of benzene rings is 1. The van der Waals surface area contributed by atoms with Crippen LogP contribution in [0, 0.1) is 16.7 Å². The monoisotopic (exact) mass is 377 g/mol. The zero-order valence-corrected chi connectivity index (χ0v) is 16.7. The van der Waals surface area contributed by atoms with Crippen LogP contribution in [0.15, 0.2) is 28.7 Å². The largest absolute Gasteiger partial charge is 0.485 e. The average molecular weight is 378 g/mol. The summed E-state index contributed by atoms with van der Waals surface area (Å²) in [6.45, 7) is 11.8. The van der Waals surface area contributed by atoms with Gasteiger partial charge in [-0.05, 0) is 36.2 Å². The molecule has 1 unspecified atom stereocenters. The number of para-hydroxylation sites is 2.